The number of phenols is 1. The number of carbonyl (C=O) groups is 1. The summed E-state index contributed by atoms with van der Waals surface area (Å²) in [7, 11) is 0. The number of aromatic hydroxyl groups is 1. The van der Waals surface area contributed by atoms with Gasteiger partial charge in [-0.25, -0.2) is 4.99 Å². The summed E-state index contributed by atoms with van der Waals surface area (Å²) in [5.74, 6) is -0.171. The maximum atomic E-state index is 12.0. The molecule has 2 N–H and O–H groups in total. The van der Waals surface area contributed by atoms with Gasteiger partial charge in [-0.3, -0.25) is 14.9 Å². The van der Waals surface area contributed by atoms with Gasteiger partial charge in [0.25, 0.3) is 11.6 Å². The second kappa shape index (κ2) is 6.96. The lowest BCUT2D eigenvalue weighted by atomic mass is 10.2. The molecule has 0 atom stereocenters. The molecule has 9 heteroatoms. The highest BCUT2D eigenvalue weighted by Crippen LogP contribution is 2.33. The number of amidine groups is 1. The molecule has 0 aliphatic carbocycles. The van der Waals surface area contributed by atoms with Gasteiger partial charge in [-0.15, -0.1) is 0 Å². The zero-order valence-electron chi connectivity index (χ0n) is 12.5. The van der Waals surface area contributed by atoms with Crippen LogP contribution in [0.5, 0.6) is 5.75 Å². The second-order valence-electron chi connectivity index (χ2n) is 4.97. The fraction of sp³-hybridized carbons (Fsp3) is 0. The van der Waals surface area contributed by atoms with Gasteiger partial charge in [0.15, 0.2) is 5.17 Å². The number of benzene rings is 2. The van der Waals surface area contributed by atoms with Crippen molar-refractivity contribution in [2.75, 3.05) is 0 Å². The zero-order valence-corrected chi connectivity index (χ0v) is 14.0. The summed E-state index contributed by atoms with van der Waals surface area (Å²) in [6, 6.07) is 10.3. The molecule has 0 aromatic heterocycles. The van der Waals surface area contributed by atoms with Crippen molar-refractivity contribution in [1.82, 2.24) is 5.32 Å². The van der Waals surface area contributed by atoms with E-state index in [1.807, 2.05) is 0 Å². The smallest absolute Gasteiger partial charge is 0.271 e. The number of nitrogens with zero attached hydrogens (tertiary/aromatic N) is 2. The van der Waals surface area contributed by atoms with Gasteiger partial charge in [0.05, 0.1) is 20.5 Å². The zero-order chi connectivity index (χ0) is 18.0. The van der Waals surface area contributed by atoms with E-state index in [0.717, 1.165) is 17.3 Å². The molecule has 1 fully saturated rings. The summed E-state index contributed by atoms with van der Waals surface area (Å²) in [6.07, 6.45) is 1.67. The first-order valence-electron chi connectivity index (χ1n) is 6.95. The van der Waals surface area contributed by atoms with Gasteiger partial charge in [-0.2, -0.15) is 0 Å². The third-order valence-corrected chi connectivity index (χ3v) is 4.42. The molecule has 0 radical (unpaired) electrons. The van der Waals surface area contributed by atoms with E-state index >= 15 is 0 Å². The fourth-order valence-corrected chi connectivity index (χ4v) is 3.06. The van der Waals surface area contributed by atoms with Crippen molar-refractivity contribution >= 4 is 51.9 Å². The first-order chi connectivity index (χ1) is 11.9. The highest BCUT2D eigenvalue weighted by Gasteiger charge is 2.24. The minimum Gasteiger partial charge on any atom is -0.508 e. The van der Waals surface area contributed by atoms with Crippen molar-refractivity contribution in [3.8, 4) is 5.75 Å². The van der Waals surface area contributed by atoms with E-state index in [2.05, 4.69) is 10.3 Å². The Labute approximate surface area is 151 Å². The molecule has 1 aliphatic heterocycles. The number of aliphatic imine (C=N–C) groups is 1. The van der Waals surface area contributed by atoms with E-state index in [1.54, 1.807) is 18.2 Å². The Bertz CT molecular complexity index is 925. The minimum atomic E-state index is -0.548. The Hall–Kier alpha value is -2.84. The van der Waals surface area contributed by atoms with Gasteiger partial charge in [0.1, 0.15) is 5.75 Å². The first kappa shape index (κ1) is 17.0. The van der Waals surface area contributed by atoms with E-state index in [1.165, 1.54) is 30.3 Å². The standard InChI is InChI=1S/C16H10ClN3O4S/c17-12-8-10(20(23)24)3-6-13(12)18-16-19-15(22)14(25-16)7-9-1-4-11(21)5-2-9/h1-8,21H,(H,18,19,22)/b14-7+. The lowest BCUT2D eigenvalue weighted by Gasteiger charge is -1.99. The second-order valence-corrected chi connectivity index (χ2v) is 6.40. The van der Waals surface area contributed by atoms with E-state index in [-0.39, 0.29) is 22.4 Å². The number of carbonyl (C=O) groups excluding carboxylic acids is 1. The van der Waals surface area contributed by atoms with Gasteiger partial charge < -0.3 is 10.4 Å². The van der Waals surface area contributed by atoms with Crippen LogP contribution in [0.25, 0.3) is 6.08 Å². The lowest BCUT2D eigenvalue weighted by Crippen LogP contribution is -2.19. The highest BCUT2D eigenvalue weighted by molar-refractivity contribution is 8.18. The van der Waals surface area contributed by atoms with Crippen molar-refractivity contribution in [3.05, 3.63) is 68.1 Å². The number of rotatable bonds is 3. The van der Waals surface area contributed by atoms with Crippen LogP contribution in [0.4, 0.5) is 11.4 Å². The first-order valence-corrected chi connectivity index (χ1v) is 8.14. The Balaban J connectivity index is 1.83. The van der Waals surface area contributed by atoms with Crippen molar-refractivity contribution in [1.29, 1.82) is 0 Å². The molecule has 25 heavy (non-hydrogen) atoms. The van der Waals surface area contributed by atoms with Crippen LogP contribution in [0.3, 0.4) is 0 Å². The summed E-state index contributed by atoms with van der Waals surface area (Å²) in [5.41, 5.74) is 0.941. The monoisotopic (exact) mass is 375 g/mol. The summed E-state index contributed by atoms with van der Waals surface area (Å²) in [5, 5.41) is 23.0. The molecule has 1 saturated heterocycles. The average molecular weight is 376 g/mol. The topological polar surface area (TPSA) is 105 Å². The Kier molecular flexibility index (Phi) is 4.73. The number of phenolic OH excluding ortho intramolecular Hbond substituents is 1. The maximum absolute atomic E-state index is 12.0. The Morgan fingerprint density at radius 3 is 2.60 bits per heavy atom. The Morgan fingerprint density at radius 1 is 1.24 bits per heavy atom. The molecule has 126 valence electrons. The van der Waals surface area contributed by atoms with Crippen molar-refractivity contribution in [2.24, 2.45) is 4.99 Å². The summed E-state index contributed by atoms with van der Waals surface area (Å²) in [4.78, 5) is 26.8. The number of nitro benzene ring substituents is 1. The van der Waals surface area contributed by atoms with Crippen LogP contribution in [0.15, 0.2) is 52.4 Å². The van der Waals surface area contributed by atoms with E-state index in [4.69, 9.17) is 11.6 Å². The Morgan fingerprint density at radius 2 is 1.96 bits per heavy atom. The highest BCUT2D eigenvalue weighted by atomic mass is 35.5. The average Bonchev–Trinajstić information content (AvgIpc) is 2.91. The van der Waals surface area contributed by atoms with Gasteiger partial charge in [-0.1, -0.05) is 23.7 Å². The quantitative estimate of drug-likeness (QED) is 0.481. The van der Waals surface area contributed by atoms with Crippen LogP contribution in [0, 0.1) is 10.1 Å². The van der Waals surface area contributed by atoms with E-state index in [0.29, 0.717) is 15.8 Å². The molecule has 0 bridgehead atoms. The summed E-state index contributed by atoms with van der Waals surface area (Å²) in [6.45, 7) is 0. The van der Waals surface area contributed by atoms with Gasteiger partial charge >= 0.3 is 0 Å². The van der Waals surface area contributed by atoms with Gasteiger partial charge in [-0.05, 0) is 41.6 Å². The summed E-state index contributed by atoms with van der Waals surface area (Å²) >= 11 is 7.12. The SMILES string of the molecule is O=C1NC(=Nc2ccc([N+](=O)[O-])cc2Cl)S/C1=C/c1ccc(O)cc1. The number of nitro groups is 1. The molecule has 1 aliphatic rings. The number of hydrogen-bond donors (Lipinski definition) is 2. The molecular weight excluding hydrogens is 366 g/mol. The molecular formula is C16H10ClN3O4S. The third-order valence-electron chi connectivity index (χ3n) is 3.21. The largest absolute Gasteiger partial charge is 0.508 e. The molecule has 7 nitrogen and oxygen atoms in total. The molecule has 0 spiro atoms. The number of hydrogen-bond acceptors (Lipinski definition) is 6. The number of nitrogens with one attached hydrogen (secondary N) is 1. The number of halogens is 1. The van der Waals surface area contributed by atoms with Gasteiger partial charge in [0, 0.05) is 12.1 Å². The van der Waals surface area contributed by atoms with Gasteiger partial charge in [0.2, 0.25) is 0 Å². The van der Waals surface area contributed by atoms with Crippen molar-refractivity contribution in [3.63, 3.8) is 0 Å². The molecule has 2 aromatic rings. The molecule has 3 rings (SSSR count). The van der Waals surface area contributed by atoms with Crippen LogP contribution in [0.2, 0.25) is 5.02 Å². The van der Waals surface area contributed by atoms with E-state index < -0.39 is 4.92 Å². The van der Waals surface area contributed by atoms with Crippen LogP contribution in [0.1, 0.15) is 5.56 Å². The maximum Gasteiger partial charge on any atom is 0.271 e. The lowest BCUT2D eigenvalue weighted by molar-refractivity contribution is -0.384. The predicted octanol–water partition coefficient (Wildman–Crippen LogP) is 3.85. The molecule has 0 saturated carbocycles. The van der Waals surface area contributed by atoms with Crippen LogP contribution >= 0.6 is 23.4 Å². The van der Waals surface area contributed by atoms with Crippen molar-refractivity contribution in [2.45, 2.75) is 0 Å². The fourth-order valence-electron chi connectivity index (χ4n) is 2.01. The van der Waals surface area contributed by atoms with Crippen LogP contribution in [-0.4, -0.2) is 21.1 Å². The van der Waals surface area contributed by atoms with Crippen molar-refractivity contribution < 1.29 is 14.8 Å². The third kappa shape index (κ3) is 3.98. The summed E-state index contributed by atoms with van der Waals surface area (Å²) < 4.78 is 0. The number of non-ortho nitro benzene ring substituents is 1. The van der Waals surface area contributed by atoms with E-state index in [9.17, 15) is 20.0 Å². The molecule has 1 amide bonds. The van der Waals surface area contributed by atoms with Crippen LogP contribution < -0.4 is 5.32 Å². The normalized spacial score (nSPS) is 17.1. The molecule has 2 aromatic carbocycles. The van der Waals surface area contributed by atoms with Crippen LogP contribution in [-0.2, 0) is 4.79 Å². The predicted molar refractivity (Wildman–Crippen MR) is 97.0 cm³/mol. The number of amides is 1. The molecule has 1 heterocycles. The number of thioether (sulfide) groups is 1. The minimum absolute atomic E-state index is 0.118. The molecule has 0 unspecified atom stereocenters.